The van der Waals surface area contributed by atoms with Crippen molar-refractivity contribution >= 4 is 10.8 Å². The van der Waals surface area contributed by atoms with Gasteiger partial charge in [-0.2, -0.15) is 0 Å². The minimum atomic E-state index is -0.0972. The first kappa shape index (κ1) is 19.0. The SMILES string of the molecule is C[NH+](C)CCOc1nn(Cc2ccccc2)c(=O)c2ccccc12.[Cl-]. The lowest BCUT2D eigenvalue weighted by molar-refractivity contribution is -0.858. The van der Waals surface area contributed by atoms with E-state index in [1.165, 1.54) is 9.58 Å². The summed E-state index contributed by atoms with van der Waals surface area (Å²) in [5.74, 6) is 0.516. The van der Waals surface area contributed by atoms with E-state index in [1.807, 2.05) is 54.6 Å². The fraction of sp³-hybridized carbons (Fsp3) is 0.263. The summed E-state index contributed by atoms with van der Waals surface area (Å²) >= 11 is 0. The molecular weight excluding hydrogens is 338 g/mol. The van der Waals surface area contributed by atoms with E-state index in [2.05, 4.69) is 19.2 Å². The number of nitrogens with one attached hydrogen (secondary N) is 1. The highest BCUT2D eigenvalue weighted by atomic mass is 35.5. The fourth-order valence-electron chi connectivity index (χ4n) is 2.53. The van der Waals surface area contributed by atoms with Crippen LogP contribution in [0.2, 0.25) is 0 Å². The second-order valence-corrected chi connectivity index (χ2v) is 6.10. The van der Waals surface area contributed by atoms with Crippen molar-refractivity contribution in [2.75, 3.05) is 27.2 Å². The molecule has 3 aromatic rings. The van der Waals surface area contributed by atoms with Gasteiger partial charge in [0, 0.05) is 0 Å². The largest absolute Gasteiger partial charge is 1.00 e. The molecule has 6 heteroatoms. The van der Waals surface area contributed by atoms with E-state index in [9.17, 15) is 4.79 Å². The monoisotopic (exact) mass is 359 g/mol. The van der Waals surface area contributed by atoms with E-state index >= 15 is 0 Å². The highest BCUT2D eigenvalue weighted by Crippen LogP contribution is 2.20. The Morgan fingerprint density at radius 1 is 1.00 bits per heavy atom. The normalized spacial score (nSPS) is 10.7. The number of fused-ring (bicyclic) bond motifs is 1. The molecule has 5 nitrogen and oxygen atoms in total. The third kappa shape index (κ3) is 4.59. The third-order valence-corrected chi connectivity index (χ3v) is 3.85. The molecule has 25 heavy (non-hydrogen) atoms. The van der Waals surface area contributed by atoms with Gasteiger partial charge in [-0.15, -0.1) is 5.10 Å². The topological polar surface area (TPSA) is 48.6 Å². The average molecular weight is 360 g/mol. The molecule has 0 saturated carbocycles. The summed E-state index contributed by atoms with van der Waals surface area (Å²) in [6, 6.07) is 17.3. The van der Waals surface area contributed by atoms with E-state index in [4.69, 9.17) is 4.74 Å². The van der Waals surface area contributed by atoms with Crippen LogP contribution < -0.4 is 27.6 Å². The second-order valence-electron chi connectivity index (χ2n) is 6.10. The molecule has 1 heterocycles. The van der Waals surface area contributed by atoms with Crippen LogP contribution in [0.4, 0.5) is 0 Å². The van der Waals surface area contributed by atoms with Crippen molar-refractivity contribution in [1.82, 2.24) is 9.78 Å². The molecule has 0 aliphatic heterocycles. The molecule has 0 saturated heterocycles. The lowest BCUT2D eigenvalue weighted by Gasteiger charge is -2.13. The van der Waals surface area contributed by atoms with Crippen molar-refractivity contribution in [2.45, 2.75) is 6.54 Å². The molecule has 0 fully saturated rings. The summed E-state index contributed by atoms with van der Waals surface area (Å²) in [7, 11) is 4.15. The first-order chi connectivity index (χ1) is 11.6. The second kappa shape index (κ2) is 8.65. The van der Waals surface area contributed by atoms with Gasteiger partial charge in [-0.3, -0.25) is 4.79 Å². The lowest BCUT2D eigenvalue weighted by atomic mass is 10.2. The minimum Gasteiger partial charge on any atom is -1.00 e. The van der Waals surface area contributed by atoms with Crippen LogP contribution in [-0.4, -0.2) is 37.0 Å². The Bertz CT molecular complexity index is 879. The first-order valence-electron chi connectivity index (χ1n) is 8.11. The van der Waals surface area contributed by atoms with Gasteiger partial charge in [0.05, 0.1) is 31.4 Å². The molecule has 0 radical (unpaired) electrons. The number of rotatable bonds is 6. The van der Waals surface area contributed by atoms with Crippen molar-refractivity contribution < 1.29 is 22.0 Å². The summed E-state index contributed by atoms with van der Waals surface area (Å²) in [4.78, 5) is 14.0. The van der Waals surface area contributed by atoms with Gasteiger partial charge in [-0.1, -0.05) is 42.5 Å². The molecule has 0 bridgehead atoms. The molecule has 0 amide bonds. The van der Waals surface area contributed by atoms with E-state index in [1.54, 1.807) is 0 Å². The van der Waals surface area contributed by atoms with Gasteiger partial charge in [0.1, 0.15) is 13.2 Å². The van der Waals surface area contributed by atoms with Crippen molar-refractivity contribution in [3.05, 3.63) is 70.5 Å². The molecule has 1 N–H and O–H groups in total. The maximum Gasteiger partial charge on any atom is 0.275 e. The summed E-state index contributed by atoms with van der Waals surface area (Å²) < 4.78 is 7.35. The number of ether oxygens (including phenoxy) is 1. The predicted molar refractivity (Wildman–Crippen MR) is 94.7 cm³/mol. The molecule has 3 rings (SSSR count). The number of likely N-dealkylation sites (N-methyl/N-ethyl adjacent to an activating group) is 1. The van der Waals surface area contributed by atoms with Gasteiger partial charge in [0.15, 0.2) is 0 Å². The maximum atomic E-state index is 12.7. The zero-order valence-electron chi connectivity index (χ0n) is 14.4. The summed E-state index contributed by atoms with van der Waals surface area (Å²) in [5, 5.41) is 5.86. The van der Waals surface area contributed by atoms with Gasteiger partial charge in [-0.05, 0) is 17.7 Å². The molecule has 2 aromatic carbocycles. The molecule has 132 valence electrons. The van der Waals surface area contributed by atoms with Crippen LogP contribution in [0, 0.1) is 0 Å². The quantitative estimate of drug-likeness (QED) is 0.552. The molecule has 0 spiro atoms. The number of hydrogen-bond acceptors (Lipinski definition) is 3. The Morgan fingerprint density at radius 2 is 1.64 bits per heavy atom. The van der Waals surface area contributed by atoms with Gasteiger partial charge in [0.2, 0.25) is 5.88 Å². The molecule has 0 aliphatic carbocycles. The van der Waals surface area contributed by atoms with Crippen LogP contribution in [0.3, 0.4) is 0 Å². The number of aromatic nitrogens is 2. The molecule has 0 unspecified atom stereocenters. The van der Waals surface area contributed by atoms with Crippen LogP contribution >= 0.6 is 0 Å². The molecule has 0 atom stereocenters. The number of nitrogens with zero attached hydrogens (tertiary/aromatic N) is 2. The van der Waals surface area contributed by atoms with E-state index in [0.29, 0.717) is 24.4 Å². The van der Waals surface area contributed by atoms with Gasteiger partial charge in [0.25, 0.3) is 5.56 Å². The highest BCUT2D eigenvalue weighted by Gasteiger charge is 2.12. The Labute approximate surface area is 153 Å². The van der Waals surface area contributed by atoms with Gasteiger partial charge in [-0.25, -0.2) is 4.68 Å². The Balaban J connectivity index is 0.00000225. The highest BCUT2D eigenvalue weighted by molar-refractivity contribution is 5.85. The number of hydrogen-bond donors (Lipinski definition) is 1. The number of quaternary nitrogens is 1. The van der Waals surface area contributed by atoms with Crippen molar-refractivity contribution in [2.24, 2.45) is 0 Å². The average Bonchev–Trinajstić information content (AvgIpc) is 2.59. The first-order valence-corrected chi connectivity index (χ1v) is 8.11. The van der Waals surface area contributed by atoms with Crippen molar-refractivity contribution in [3.8, 4) is 5.88 Å². The van der Waals surface area contributed by atoms with Crippen molar-refractivity contribution in [1.29, 1.82) is 0 Å². The van der Waals surface area contributed by atoms with E-state index in [-0.39, 0.29) is 18.0 Å². The summed E-state index contributed by atoms with van der Waals surface area (Å²) in [6.45, 7) is 1.86. The van der Waals surface area contributed by atoms with Gasteiger partial charge < -0.3 is 22.0 Å². The number of benzene rings is 2. The Morgan fingerprint density at radius 3 is 2.32 bits per heavy atom. The summed E-state index contributed by atoms with van der Waals surface area (Å²) in [5.41, 5.74) is 0.936. The zero-order valence-corrected chi connectivity index (χ0v) is 15.2. The predicted octanol–water partition coefficient (Wildman–Crippen LogP) is -2.03. The third-order valence-electron chi connectivity index (χ3n) is 3.85. The van der Waals surface area contributed by atoms with Crippen LogP contribution in [-0.2, 0) is 6.54 Å². The Kier molecular flexibility index (Phi) is 6.56. The fourth-order valence-corrected chi connectivity index (χ4v) is 2.53. The summed E-state index contributed by atoms with van der Waals surface area (Å²) in [6.07, 6.45) is 0. The molecule has 0 aliphatic rings. The van der Waals surface area contributed by atoms with E-state index < -0.39 is 0 Å². The lowest BCUT2D eigenvalue weighted by Crippen LogP contribution is -3.06. The molecular formula is C19H22ClN3O2. The van der Waals surface area contributed by atoms with Crippen LogP contribution in [0.25, 0.3) is 10.8 Å². The van der Waals surface area contributed by atoms with E-state index in [0.717, 1.165) is 17.5 Å². The van der Waals surface area contributed by atoms with Crippen LogP contribution in [0.1, 0.15) is 5.56 Å². The van der Waals surface area contributed by atoms with Crippen LogP contribution in [0.15, 0.2) is 59.4 Å². The smallest absolute Gasteiger partial charge is 0.275 e. The standard InChI is InChI=1S/C19H21N3O2.ClH/c1-21(2)12-13-24-18-16-10-6-7-11-17(16)19(23)22(20-18)14-15-8-4-3-5-9-15;/h3-11H,12-14H2,1-2H3;1H. The maximum absolute atomic E-state index is 12.7. The molecule has 1 aromatic heterocycles. The number of halogens is 1. The van der Waals surface area contributed by atoms with Gasteiger partial charge >= 0.3 is 0 Å². The Hall–Kier alpha value is -2.37. The van der Waals surface area contributed by atoms with Crippen molar-refractivity contribution in [3.63, 3.8) is 0 Å². The minimum absolute atomic E-state index is 0. The zero-order chi connectivity index (χ0) is 16.9. The van der Waals surface area contributed by atoms with Crippen LogP contribution in [0.5, 0.6) is 5.88 Å².